The molecule has 0 radical (unpaired) electrons. The number of hydrogen-bond acceptors (Lipinski definition) is 4. The molecule has 0 bridgehead atoms. The highest BCUT2D eigenvalue weighted by atomic mass is 16.5. The lowest BCUT2D eigenvalue weighted by molar-refractivity contribution is 0.414. The Hall–Kier alpha value is -2.76. The van der Waals surface area contributed by atoms with Gasteiger partial charge >= 0.3 is 0 Å². The monoisotopic (exact) mass is 300 g/mol. The number of benzene rings is 2. The minimum absolute atomic E-state index is 0.810. The fourth-order valence-corrected chi connectivity index (χ4v) is 1.82. The van der Waals surface area contributed by atoms with Crippen molar-refractivity contribution in [2.24, 2.45) is 10.4 Å². The lowest BCUT2D eigenvalue weighted by atomic mass is 10.3. The molecule has 6 nitrogen and oxygen atoms in total. The van der Waals surface area contributed by atoms with E-state index in [2.05, 4.69) is 10.4 Å². The van der Waals surface area contributed by atoms with Gasteiger partial charge in [-0.05, 0) is 59.0 Å². The van der Waals surface area contributed by atoms with E-state index < -0.39 is 0 Å². The van der Waals surface area contributed by atoms with Gasteiger partial charge in [-0.25, -0.2) is 10.0 Å². The molecule has 0 aromatic heterocycles. The average Bonchev–Trinajstić information content (AvgIpc) is 2.59. The quantitative estimate of drug-likeness (QED) is 0.604. The molecule has 0 N–H and O–H groups in total. The van der Waals surface area contributed by atoms with Crippen LogP contribution in [0.3, 0.4) is 0 Å². The van der Waals surface area contributed by atoms with Crippen molar-refractivity contribution >= 4 is 11.4 Å². The maximum Gasteiger partial charge on any atom is 0.119 e. The molecule has 0 heterocycles. The summed E-state index contributed by atoms with van der Waals surface area (Å²) in [5.41, 5.74) is 1.85. The maximum absolute atomic E-state index is 5.13. The summed E-state index contributed by atoms with van der Waals surface area (Å²) in [7, 11) is 6.96. The zero-order chi connectivity index (χ0) is 15.9. The molecule has 2 aromatic carbocycles. The van der Waals surface area contributed by atoms with E-state index in [1.807, 2.05) is 62.6 Å². The van der Waals surface area contributed by atoms with Gasteiger partial charge in [0.15, 0.2) is 0 Å². The van der Waals surface area contributed by atoms with Gasteiger partial charge < -0.3 is 9.47 Å². The van der Waals surface area contributed by atoms with Crippen LogP contribution in [0.2, 0.25) is 0 Å². The van der Waals surface area contributed by atoms with Crippen LogP contribution in [0, 0.1) is 0 Å². The summed E-state index contributed by atoms with van der Waals surface area (Å²) in [6, 6.07) is 15.2. The fourth-order valence-electron chi connectivity index (χ4n) is 1.82. The summed E-state index contributed by atoms with van der Waals surface area (Å²) in [5, 5.41) is 11.7. The van der Waals surface area contributed by atoms with Crippen molar-refractivity contribution in [2.45, 2.75) is 0 Å². The van der Waals surface area contributed by atoms with E-state index in [0.29, 0.717) is 0 Å². The molecule has 116 valence electrons. The van der Waals surface area contributed by atoms with Crippen LogP contribution in [0.1, 0.15) is 0 Å². The molecule has 2 rings (SSSR count). The Morgan fingerprint density at radius 1 is 0.636 bits per heavy atom. The Morgan fingerprint density at radius 3 is 1.23 bits per heavy atom. The van der Waals surface area contributed by atoms with E-state index in [9.17, 15) is 0 Å². The second-order valence-corrected chi connectivity index (χ2v) is 4.62. The van der Waals surface area contributed by atoms with Gasteiger partial charge in [-0.1, -0.05) is 0 Å². The number of rotatable bonds is 6. The molecule has 6 heteroatoms. The van der Waals surface area contributed by atoms with Crippen LogP contribution in [0.15, 0.2) is 59.0 Å². The van der Waals surface area contributed by atoms with Crippen molar-refractivity contribution in [1.29, 1.82) is 0 Å². The molecular formula is C16H20N4O2. The van der Waals surface area contributed by atoms with Gasteiger partial charge in [-0.3, -0.25) is 0 Å². The van der Waals surface area contributed by atoms with E-state index in [1.54, 1.807) is 24.2 Å². The van der Waals surface area contributed by atoms with Crippen LogP contribution >= 0.6 is 0 Å². The van der Waals surface area contributed by atoms with Crippen molar-refractivity contribution < 1.29 is 9.47 Å². The number of nitrogens with zero attached hydrogens (tertiary/aromatic N) is 4. The first kappa shape index (κ1) is 15.6. The lowest BCUT2D eigenvalue weighted by Gasteiger charge is -2.15. The molecule has 0 aliphatic heterocycles. The van der Waals surface area contributed by atoms with Gasteiger partial charge in [0.05, 0.1) is 25.6 Å². The second kappa shape index (κ2) is 7.31. The minimum atomic E-state index is 0.810. The first-order valence-electron chi connectivity index (χ1n) is 6.81. The van der Waals surface area contributed by atoms with Gasteiger partial charge in [0, 0.05) is 14.1 Å². The Bertz CT molecular complexity index is 556. The van der Waals surface area contributed by atoms with E-state index in [-0.39, 0.29) is 0 Å². The smallest absolute Gasteiger partial charge is 0.119 e. The van der Waals surface area contributed by atoms with E-state index in [1.165, 1.54) is 0 Å². The van der Waals surface area contributed by atoms with Crippen molar-refractivity contribution in [2.75, 3.05) is 38.3 Å². The van der Waals surface area contributed by atoms with Gasteiger partial charge in [0.2, 0.25) is 0 Å². The van der Waals surface area contributed by atoms with Crippen LogP contribution in [-0.4, -0.2) is 28.3 Å². The summed E-state index contributed by atoms with van der Waals surface area (Å²) in [5.74, 6) is 1.62. The first-order valence-corrected chi connectivity index (χ1v) is 6.81. The third-order valence-corrected chi connectivity index (χ3v) is 3.20. The summed E-state index contributed by atoms with van der Waals surface area (Å²) in [6.07, 6.45) is 0. The van der Waals surface area contributed by atoms with Gasteiger partial charge in [0.25, 0.3) is 0 Å². The number of methoxy groups -OCH3 is 2. The fraction of sp³-hybridized carbons (Fsp3) is 0.250. The Labute approximate surface area is 130 Å². The normalized spacial score (nSPS) is 10.5. The van der Waals surface area contributed by atoms with Gasteiger partial charge in [-0.15, -0.1) is 0 Å². The standard InChI is InChI=1S/C16H20N4O2/c1-19(13-5-9-15(21-3)10-6-13)17-18-20(2)14-7-11-16(22-4)12-8-14/h5-12H,1-4H3. The van der Waals surface area contributed by atoms with Crippen LogP contribution in [0.25, 0.3) is 0 Å². The zero-order valence-electron chi connectivity index (χ0n) is 13.2. The molecular weight excluding hydrogens is 280 g/mol. The van der Waals surface area contributed by atoms with Crippen LogP contribution < -0.4 is 19.5 Å². The maximum atomic E-state index is 5.13. The highest BCUT2D eigenvalue weighted by Gasteiger charge is 2.02. The molecule has 0 spiro atoms. The lowest BCUT2D eigenvalue weighted by Crippen LogP contribution is -2.12. The van der Waals surface area contributed by atoms with Crippen molar-refractivity contribution in [1.82, 2.24) is 0 Å². The Morgan fingerprint density at radius 2 is 0.955 bits per heavy atom. The number of anilines is 2. The summed E-state index contributed by atoms with van der Waals surface area (Å²) >= 11 is 0. The Balaban J connectivity index is 2.02. The van der Waals surface area contributed by atoms with Gasteiger partial charge in [0.1, 0.15) is 11.5 Å². The molecule has 0 amide bonds. The summed E-state index contributed by atoms with van der Waals surface area (Å²) < 4.78 is 10.3. The summed E-state index contributed by atoms with van der Waals surface area (Å²) in [6.45, 7) is 0. The number of hydrogen-bond donors (Lipinski definition) is 0. The molecule has 0 aliphatic rings. The van der Waals surface area contributed by atoms with Crippen LogP contribution in [-0.2, 0) is 0 Å². The molecule has 0 saturated carbocycles. The first-order chi connectivity index (χ1) is 10.6. The third-order valence-electron chi connectivity index (χ3n) is 3.20. The number of ether oxygens (including phenoxy) is 2. The highest BCUT2D eigenvalue weighted by Crippen LogP contribution is 2.20. The van der Waals surface area contributed by atoms with E-state index in [0.717, 1.165) is 22.9 Å². The molecule has 0 aliphatic carbocycles. The van der Waals surface area contributed by atoms with E-state index in [4.69, 9.17) is 9.47 Å². The average molecular weight is 300 g/mol. The van der Waals surface area contributed by atoms with E-state index >= 15 is 0 Å². The molecule has 0 atom stereocenters. The topological polar surface area (TPSA) is 49.7 Å². The van der Waals surface area contributed by atoms with Crippen molar-refractivity contribution in [3.05, 3.63) is 48.5 Å². The SMILES string of the molecule is COc1ccc(N(C)N=NN(C)c2ccc(OC)cc2)cc1. The zero-order valence-corrected chi connectivity index (χ0v) is 13.2. The Kier molecular flexibility index (Phi) is 5.19. The van der Waals surface area contributed by atoms with Crippen LogP contribution in [0.4, 0.5) is 11.4 Å². The molecule has 22 heavy (non-hydrogen) atoms. The highest BCUT2D eigenvalue weighted by molar-refractivity contribution is 5.48. The summed E-state index contributed by atoms with van der Waals surface area (Å²) in [4.78, 5) is 0. The predicted molar refractivity (Wildman–Crippen MR) is 87.7 cm³/mol. The molecule has 0 fully saturated rings. The molecule has 0 saturated heterocycles. The second-order valence-electron chi connectivity index (χ2n) is 4.62. The largest absolute Gasteiger partial charge is 0.497 e. The molecule has 2 aromatic rings. The van der Waals surface area contributed by atoms with Crippen LogP contribution in [0.5, 0.6) is 11.5 Å². The molecule has 0 unspecified atom stereocenters. The van der Waals surface area contributed by atoms with Gasteiger partial charge in [-0.2, -0.15) is 0 Å². The minimum Gasteiger partial charge on any atom is -0.497 e. The van der Waals surface area contributed by atoms with Crippen molar-refractivity contribution in [3.63, 3.8) is 0 Å². The van der Waals surface area contributed by atoms with Crippen molar-refractivity contribution in [3.8, 4) is 11.5 Å². The third kappa shape index (κ3) is 3.88. The predicted octanol–water partition coefficient (Wildman–Crippen LogP) is 3.56.